The first-order valence-corrected chi connectivity index (χ1v) is 6.28. The Labute approximate surface area is 106 Å². The van der Waals surface area contributed by atoms with Crippen LogP contribution in [0.25, 0.3) is 0 Å². The van der Waals surface area contributed by atoms with Gasteiger partial charge < -0.3 is 4.74 Å². The lowest BCUT2D eigenvalue weighted by molar-refractivity contribution is 0.146. The van der Waals surface area contributed by atoms with Gasteiger partial charge in [-0.05, 0) is 29.4 Å². The second-order valence-electron chi connectivity index (χ2n) is 3.83. The van der Waals surface area contributed by atoms with Crippen LogP contribution in [-0.2, 0) is 18.3 Å². The Bertz CT molecular complexity index is 338. The van der Waals surface area contributed by atoms with Gasteiger partial charge in [-0.25, -0.2) is 0 Å². The highest BCUT2D eigenvalue weighted by molar-refractivity contribution is 9.10. The van der Waals surface area contributed by atoms with Crippen LogP contribution in [-0.4, -0.2) is 41.5 Å². The van der Waals surface area contributed by atoms with Gasteiger partial charge in [0.25, 0.3) is 0 Å². The third-order valence-corrected chi connectivity index (χ3v) is 3.73. The summed E-state index contributed by atoms with van der Waals surface area (Å²) in [6.45, 7) is 7.80. The van der Waals surface area contributed by atoms with Crippen molar-refractivity contribution in [1.29, 1.82) is 0 Å². The first-order chi connectivity index (χ1) is 7.60. The maximum absolute atomic E-state index is 5.10. The minimum atomic E-state index is 0.766. The van der Waals surface area contributed by atoms with Gasteiger partial charge in [0.2, 0.25) is 0 Å². The highest BCUT2D eigenvalue weighted by Crippen LogP contribution is 2.21. The molecule has 0 fully saturated rings. The average molecular weight is 290 g/mol. The lowest BCUT2D eigenvalue weighted by atomic mass is 10.3. The summed E-state index contributed by atoms with van der Waals surface area (Å²) in [7, 11) is 3.72. The predicted octanol–water partition coefficient (Wildman–Crippen LogP) is 1.96. The van der Waals surface area contributed by atoms with E-state index in [2.05, 4.69) is 32.9 Å². The van der Waals surface area contributed by atoms with Crippen molar-refractivity contribution < 1.29 is 4.74 Å². The standard InChI is InChI=1S/C11H20BrN3O/c1-5-15(6-7-16-4)8-10-11(12)9(2)13-14(10)3/h5-8H2,1-4H3. The Balaban J connectivity index is 2.69. The maximum atomic E-state index is 5.10. The Kier molecular flexibility index (Phi) is 5.44. The molecule has 1 aromatic heterocycles. The van der Waals surface area contributed by atoms with E-state index in [0.717, 1.165) is 36.4 Å². The smallest absolute Gasteiger partial charge is 0.0739 e. The molecule has 0 amide bonds. The molecular formula is C11H20BrN3O. The summed E-state index contributed by atoms with van der Waals surface area (Å²) in [6.07, 6.45) is 0. The van der Waals surface area contributed by atoms with Gasteiger partial charge in [-0.2, -0.15) is 5.10 Å². The fourth-order valence-electron chi connectivity index (χ4n) is 1.63. The monoisotopic (exact) mass is 289 g/mol. The molecule has 0 aliphatic heterocycles. The Hall–Kier alpha value is -0.390. The summed E-state index contributed by atoms with van der Waals surface area (Å²) in [4.78, 5) is 2.34. The number of hydrogen-bond donors (Lipinski definition) is 0. The normalized spacial score (nSPS) is 11.4. The maximum Gasteiger partial charge on any atom is 0.0739 e. The second-order valence-corrected chi connectivity index (χ2v) is 4.62. The molecule has 0 N–H and O–H groups in total. The van der Waals surface area contributed by atoms with Gasteiger partial charge >= 0.3 is 0 Å². The summed E-state index contributed by atoms with van der Waals surface area (Å²) >= 11 is 3.59. The van der Waals surface area contributed by atoms with Crippen LogP contribution in [0.3, 0.4) is 0 Å². The number of aryl methyl sites for hydroxylation is 2. The van der Waals surface area contributed by atoms with Crippen LogP contribution in [0, 0.1) is 6.92 Å². The number of aromatic nitrogens is 2. The third-order valence-electron chi connectivity index (χ3n) is 2.69. The first kappa shape index (κ1) is 13.7. The minimum Gasteiger partial charge on any atom is -0.383 e. The van der Waals surface area contributed by atoms with Gasteiger partial charge in [-0.3, -0.25) is 9.58 Å². The second kappa shape index (κ2) is 6.37. The number of methoxy groups -OCH3 is 1. The number of hydrogen-bond acceptors (Lipinski definition) is 3. The van der Waals surface area contributed by atoms with E-state index in [1.54, 1.807) is 7.11 Å². The van der Waals surface area contributed by atoms with Crippen molar-refractivity contribution in [3.05, 3.63) is 15.9 Å². The van der Waals surface area contributed by atoms with Crippen LogP contribution < -0.4 is 0 Å². The lowest BCUT2D eigenvalue weighted by Gasteiger charge is -2.20. The summed E-state index contributed by atoms with van der Waals surface area (Å²) in [5, 5.41) is 4.39. The topological polar surface area (TPSA) is 30.3 Å². The van der Waals surface area contributed by atoms with Gasteiger partial charge in [-0.1, -0.05) is 6.92 Å². The molecule has 0 radical (unpaired) electrons. The van der Waals surface area contributed by atoms with Crippen LogP contribution >= 0.6 is 15.9 Å². The van der Waals surface area contributed by atoms with Gasteiger partial charge in [0.15, 0.2) is 0 Å². The van der Waals surface area contributed by atoms with Crippen molar-refractivity contribution in [3.8, 4) is 0 Å². The van der Waals surface area contributed by atoms with Gasteiger partial charge in [0.05, 0.1) is 22.5 Å². The molecule has 1 heterocycles. The van der Waals surface area contributed by atoms with Gasteiger partial charge in [0, 0.05) is 27.2 Å². The van der Waals surface area contributed by atoms with Crippen LogP contribution in [0.15, 0.2) is 4.47 Å². The van der Waals surface area contributed by atoms with Crippen LogP contribution in [0.4, 0.5) is 0 Å². The molecule has 1 aromatic rings. The zero-order valence-electron chi connectivity index (χ0n) is 10.5. The molecule has 92 valence electrons. The summed E-state index contributed by atoms with van der Waals surface area (Å²) in [5.41, 5.74) is 2.26. The fourth-order valence-corrected chi connectivity index (χ4v) is 2.09. The number of likely N-dealkylation sites (N-methyl/N-ethyl adjacent to an activating group) is 1. The summed E-state index contributed by atoms with van der Waals surface area (Å²) in [6, 6.07) is 0. The molecule has 0 atom stereocenters. The highest BCUT2D eigenvalue weighted by Gasteiger charge is 2.13. The van der Waals surface area contributed by atoms with Crippen LogP contribution in [0.2, 0.25) is 0 Å². The van der Waals surface area contributed by atoms with E-state index >= 15 is 0 Å². The molecule has 0 unspecified atom stereocenters. The van der Waals surface area contributed by atoms with E-state index in [1.807, 2.05) is 18.7 Å². The number of nitrogens with zero attached hydrogens (tertiary/aromatic N) is 3. The SMILES string of the molecule is CCN(CCOC)Cc1c(Br)c(C)nn1C. The summed E-state index contributed by atoms with van der Waals surface area (Å²) < 4.78 is 8.16. The zero-order chi connectivity index (χ0) is 12.1. The van der Waals surface area contributed by atoms with Gasteiger partial charge in [-0.15, -0.1) is 0 Å². The van der Waals surface area contributed by atoms with Gasteiger partial charge in [0.1, 0.15) is 0 Å². The molecule has 0 bridgehead atoms. The van der Waals surface area contributed by atoms with Crippen molar-refractivity contribution in [2.75, 3.05) is 26.8 Å². The Morgan fingerprint density at radius 3 is 2.62 bits per heavy atom. The van der Waals surface area contributed by atoms with E-state index in [9.17, 15) is 0 Å². The van der Waals surface area contributed by atoms with E-state index in [4.69, 9.17) is 4.74 Å². The van der Waals surface area contributed by atoms with Crippen molar-refractivity contribution in [3.63, 3.8) is 0 Å². The summed E-state index contributed by atoms with van der Waals surface area (Å²) in [5.74, 6) is 0. The zero-order valence-corrected chi connectivity index (χ0v) is 12.0. The average Bonchev–Trinajstić information content (AvgIpc) is 2.50. The van der Waals surface area contributed by atoms with Crippen molar-refractivity contribution >= 4 is 15.9 Å². The number of rotatable bonds is 6. The van der Waals surface area contributed by atoms with Crippen molar-refractivity contribution in [1.82, 2.24) is 14.7 Å². The third kappa shape index (κ3) is 3.30. The molecule has 0 spiro atoms. The predicted molar refractivity (Wildman–Crippen MR) is 68.5 cm³/mol. The molecule has 0 aliphatic rings. The molecule has 0 saturated heterocycles. The van der Waals surface area contributed by atoms with Crippen molar-refractivity contribution in [2.24, 2.45) is 7.05 Å². The van der Waals surface area contributed by atoms with Crippen molar-refractivity contribution in [2.45, 2.75) is 20.4 Å². The number of ether oxygens (including phenoxy) is 1. The molecule has 5 heteroatoms. The van der Waals surface area contributed by atoms with E-state index in [0.29, 0.717) is 0 Å². The minimum absolute atomic E-state index is 0.766. The first-order valence-electron chi connectivity index (χ1n) is 5.49. The fraction of sp³-hybridized carbons (Fsp3) is 0.727. The van der Waals surface area contributed by atoms with E-state index in [1.165, 1.54) is 5.69 Å². The molecule has 0 aliphatic carbocycles. The molecule has 4 nitrogen and oxygen atoms in total. The van der Waals surface area contributed by atoms with E-state index in [-0.39, 0.29) is 0 Å². The molecule has 1 rings (SSSR count). The lowest BCUT2D eigenvalue weighted by Crippen LogP contribution is -2.27. The van der Waals surface area contributed by atoms with Crippen LogP contribution in [0.5, 0.6) is 0 Å². The van der Waals surface area contributed by atoms with E-state index < -0.39 is 0 Å². The Morgan fingerprint density at radius 2 is 2.19 bits per heavy atom. The molecule has 0 aromatic carbocycles. The van der Waals surface area contributed by atoms with Crippen LogP contribution in [0.1, 0.15) is 18.3 Å². The highest BCUT2D eigenvalue weighted by atomic mass is 79.9. The molecule has 0 saturated carbocycles. The largest absolute Gasteiger partial charge is 0.383 e. The molecule has 16 heavy (non-hydrogen) atoms. The molecular weight excluding hydrogens is 270 g/mol. The number of halogens is 1. The Morgan fingerprint density at radius 1 is 1.50 bits per heavy atom. The quantitative estimate of drug-likeness (QED) is 0.802.